The molecule has 0 unspecified atom stereocenters. The number of benzene rings is 2. The van der Waals surface area contributed by atoms with Crippen LogP contribution >= 0.6 is 0 Å². The van der Waals surface area contributed by atoms with E-state index in [9.17, 15) is 14.9 Å². The minimum Gasteiger partial charge on any atom is -0.491 e. The van der Waals surface area contributed by atoms with Crippen LogP contribution in [-0.2, 0) is 22.5 Å². The summed E-state index contributed by atoms with van der Waals surface area (Å²) in [7, 11) is 1.61. The number of rotatable bonds is 9. The van der Waals surface area contributed by atoms with Crippen LogP contribution in [0.15, 0.2) is 48.5 Å². The Bertz CT molecular complexity index is 716. The van der Waals surface area contributed by atoms with Gasteiger partial charge in [0.1, 0.15) is 12.4 Å². The average molecular weight is 344 g/mol. The van der Waals surface area contributed by atoms with Crippen molar-refractivity contribution < 1.29 is 19.2 Å². The summed E-state index contributed by atoms with van der Waals surface area (Å²) in [6.07, 6.45) is 0.169. The molecule has 0 aromatic heterocycles. The third kappa shape index (κ3) is 6.23. The second-order valence-electron chi connectivity index (χ2n) is 5.37. The van der Waals surface area contributed by atoms with Crippen molar-refractivity contribution in [2.75, 3.05) is 20.3 Å². The number of nitro groups is 1. The van der Waals surface area contributed by atoms with Crippen LogP contribution < -0.4 is 10.1 Å². The van der Waals surface area contributed by atoms with E-state index in [0.29, 0.717) is 19.8 Å². The van der Waals surface area contributed by atoms with Crippen molar-refractivity contribution in [3.05, 3.63) is 69.8 Å². The van der Waals surface area contributed by atoms with Gasteiger partial charge in [0.15, 0.2) is 0 Å². The Morgan fingerprint density at radius 1 is 1.12 bits per heavy atom. The molecule has 0 bridgehead atoms. The van der Waals surface area contributed by atoms with Crippen molar-refractivity contribution in [1.29, 1.82) is 0 Å². The average Bonchev–Trinajstić information content (AvgIpc) is 2.61. The summed E-state index contributed by atoms with van der Waals surface area (Å²) in [5, 5.41) is 13.4. The van der Waals surface area contributed by atoms with Gasteiger partial charge in [0, 0.05) is 25.8 Å². The Balaban J connectivity index is 1.83. The van der Waals surface area contributed by atoms with E-state index in [4.69, 9.17) is 9.47 Å². The predicted octanol–water partition coefficient (Wildman–Crippen LogP) is 2.48. The van der Waals surface area contributed by atoms with Gasteiger partial charge in [-0.1, -0.05) is 24.3 Å². The van der Waals surface area contributed by atoms with Gasteiger partial charge in [0.2, 0.25) is 5.91 Å². The number of amides is 1. The number of nitro benzene ring substituents is 1. The standard InChI is InChI=1S/C18H20N2O5/c1-24-9-10-25-17-4-2-3-15(11-17)13-19-18(21)12-14-5-7-16(8-6-14)20(22)23/h2-8,11H,9-10,12-13H2,1H3,(H,19,21). The zero-order valence-corrected chi connectivity index (χ0v) is 13.9. The molecule has 2 aromatic carbocycles. The minimum absolute atomic E-state index is 0.00875. The number of nitrogens with zero attached hydrogens (tertiary/aromatic N) is 1. The molecule has 0 saturated carbocycles. The molecule has 0 saturated heterocycles. The number of hydrogen-bond donors (Lipinski definition) is 1. The molecule has 1 amide bonds. The summed E-state index contributed by atoms with van der Waals surface area (Å²) in [6, 6.07) is 13.4. The van der Waals surface area contributed by atoms with Gasteiger partial charge in [-0.2, -0.15) is 0 Å². The van der Waals surface area contributed by atoms with Gasteiger partial charge >= 0.3 is 0 Å². The van der Waals surface area contributed by atoms with Gasteiger partial charge in [0.05, 0.1) is 18.0 Å². The van der Waals surface area contributed by atoms with E-state index in [1.54, 1.807) is 19.2 Å². The van der Waals surface area contributed by atoms with E-state index >= 15 is 0 Å². The lowest BCUT2D eigenvalue weighted by Crippen LogP contribution is -2.24. The molecule has 2 aromatic rings. The van der Waals surface area contributed by atoms with Crippen molar-refractivity contribution >= 4 is 11.6 Å². The number of non-ortho nitro benzene ring substituents is 1. The van der Waals surface area contributed by atoms with Crippen LogP contribution in [0, 0.1) is 10.1 Å². The Morgan fingerprint density at radius 2 is 1.88 bits per heavy atom. The quantitative estimate of drug-likeness (QED) is 0.429. The molecule has 7 heteroatoms. The second-order valence-corrected chi connectivity index (χ2v) is 5.37. The zero-order valence-electron chi connectivity index (χ0n) is 13.9. The van der Waals surface area contributed by atoms with E-state index in [0.717, 1.165) is 16.9 Å². The topological polar surface area (TPSA) is 90.7 Å². The highest BCUT2D eigenvalue weighted by Crippen LogP contribution is 2.14. The van der Waals surface area contributed by atoms with Crippen LogP contribution in [0.25, 0.3) is 0 Å². The third-order valence-electron chi connectivity index (χ3n) is 3.46. The van der Waals surface area contributed by atoms with Gasteiger partial charge in [-0.3, -0.25) is 14.9 Å². The third-order valence-corrected chi connectivity index (χ3v) is 3.46. The summed E-state index contributed by atoms with van der Waals surface area (Å²) in [6.45, 7) is 1.36. The molecule has 0 heterocycles. The van der Waals surface area contributed by atoms with E-state index < -0.39 is 4.92 Å². The zero-order chi connectivity index (χ0) is 18.1. The molecule has 0 spiro atoms. The van der Waals surface area contributed by atoms with Crippen LogP contribution in [0.5, 0.6) is 5.75 Å². The Hall–Kier alpha value is -2.93. The minimum atomic E-state index is -0.467. The van der Waals surface area contributed by atoms with Gasteiger partial charge in [-0.05, 0) is 23.3 Å². The Labute approximate surface area is 145 Å². The Morgan fingerprint density at radius 3 is 2.56 bits per heavy atom. The first-order chi connectivity index (χ1) is 12.1. The fraction of sp³-hybridized carbons (Fsp3) is 0.278. The van der Waals surface area contributed by atoms with E-state index in [2.05, 4.69) is 5.32 Å². The normalized spacial score (nSPS) is 10.3. The number of nitrogens with one attached hydrogen (secondary N) is 1. The number of ether oxygens (including phenoxy) is 2. The molecule has 0 aliphatic rings. The predicted molar refractivity (Wildman–Crippen MR) is 92.5 cm³/mol. The SMILES string of the molecule is COCCOc1cccc(CNC(=O)Cc2ccc([N+](=O)[O-])cc2)c1. The fourth-order valence-corrected chi connectivity index (χ4v) is 2.17. The van der Waals surface area contributed by atoms with Crippen LogP contribution in [0.2, 0.25) is 0 Å². The second kappa shape index (κ2) is 9.39. The lowest BCUT2D eigenvalue weighted by atomic mass is 10.1. The van der Waals surface area contributed by atoms with Gasteiger partial charge < -0.3 is 14.8 Å². The molecule has 0 atom stereocenters. The maximum absolute atomic E-state index is 12.0. The highest BCUT2D eigenvalue weighted by molar-refractivity contribution is 5.78. The van der Waals surface area contributed by atoms with Gasteiger partial charge in [-0.25, -0.2) is 0 Å². The van der Waals surface area contributed by atoms with Crippen LogP contribution in [0.3, 0.4) is 0 Å². The van der Waals surface area contributed by atoms with Gasteiger partial charge in [-0.15, -0.1) is 0 Å². The molecule has 0 aliphatic heterocycles. The molecule has 1 N–H and O–H groups in total. The largest absolute Gasteiger partial charge is 0.491 e. The number of carbonyl (C=O) groups excluding carboxylic acids is 1. The van der Waals surface area contributed by atoms with Gasteiger partial charge in [0.25, 0.3) is 5.69 Å². The molecule has 0 fully saturated rings. The number of hydrogen-bond acceptors (Lipinski definition) is 5. The van der Waals surface area contributed by atoms with Crippen molar-refractivity contribution in [3.63, 3.8) is 0 Å². The Kier molecular flexibility index (Phi) is 6.91. The number of methoxy groups -OCH3 is 1. The maximum Gasteiger partial charge on any atom is 0.269 e. The molecule has 7 nitrogen and oxygen atoms in total. The first-order valence-corrected chi connectivity index (χ1v) is 7.79. The lowest BCUT2D eigenvalue weighted by molar-refractivity contribution is -0.384. The molecule has 132 valence electrons. The van der Waals surface area contributed by atoms with Crippen molar-refractivity contribution in [2.24, 2.45) is 0 Å². The maximum atomic E-state index is 12.0. The molecule has 0 aliphatic carbocycles. The molecule has 0 radical (unpaired) electrons. The first-order valence-electron chi connectivity index (χ1n) is 7.79. The molecular weight excluding hydrogens is 324 g/mol. The van der Waals surface area contributed by atoms with Crippen molar-refractivity contribution in [1.82, 2.24) is 5.32 Å². The monoisotopic (exact) mass is 344 g/mol. The van der Waals surface area contributed by atoms with Crippen molar-refractivity contribution in [2.45, 2.75) is 13.0 Å². The summed E-state index contributed by atoms with van der Waals surface area (Å²) in [5.41, 5.74) is 1.65. The summed E-state index contributed by atoms with van der Waals surface area (Å²) in [5.74, 6) is 0.568. The van der Waals surface area contributed by atoms with Crippen molar-refractivity contribution in [3.8, 4) is 5.75 Å². The van der Waals surface area contributed by atoms with E-state index in [1.807, 2.05) is 24.3 Å². The number of carbonyl (C=O) groups is 1. The first kappa shape index (κ1) is 18.4. The van der Waals surface area contributed by atoms with Crippen LogP contribution in [-0.4, -0.2) is 31.2 Å². The molecular formula is C18H20N2O5. The lowest BCUT2D eigenvalue weighted by Gasteiger charge is -2.09. The summed E-state index contributed by atoms with van der Waals surface area (Å²) in [4.78, 5) is 22.2. The summed E-state index contributed by atoms with van der Waals surface area (Å²) < 4.78 is 10.5. The highest BCUT2D eigenvalue weighted by atomic mass is 16.6. The molecule has 25 heavy (non-hydrogen) atoms. The summed E-state index contributed by atoms with van der Waals surface area (Å²) >= 11 is 0. The van der Waals surface area contributed by atoms with Crippen LogP contribution in [0.1, 0.15) is 11.1 Å². The fourth-order valence-electron chi connectivity index (χ4n) is 2.17. The van der Waals surface area contributed by atoms with Crippen LogP contribution in [0.4, 0.5) is 5.69 Å². The van der Waals surface area contributed by atoms with E-state index in [-0.39, 0.29) is 18.0 Å². The highest BCUT2D eigenvalue weighted by Gasteiger charge is 2.07. The molecule has 2 rings (SSSR count). The van der Waals surface area contributed by atoms with E-state index in [1.165, 1.54) is 12.1 Å². The smallest absolute Gasteiger partial charge is 0.269 e.